The molecule has 0 aromatic carbocycles. The number of nitrogens with zero attached hydrogens (tertiary/aromatic N) is 4. The maximum Gasteiger partial charge on any atom is 0.149 e. The average molecular weight is 412 g/mol. The lowest BCUT2D eigenvalue weighted by molar-refractivity contribution is 0.0224. The molecule has 160 valence electrons. The number of allylic oxidation sites excluding steroid dienone is 1. The Bertz CT molecular complexity index is 940. The Kier molecular flexibility index (Phi) is 6.56. The molecule has 3 N–H and O–H groups in total. The van der Waals surface area contributed by atoms with E-state index in [0.717, 1.165) is 42.6 Å². The van der Waals surface area contributed by atoms with Crippen LogP contribution in [0.3, 0.4) is 0 Å². The van der Waals surface area contributed by atoms with Gasteiger partial charge in [0.2, 0.25) is 0 Å². The molecule has 4 rings (SSSR count). The van der Waals surface area contributed by atoms with Gasteiger partial charge < -0.3 is 25.2 Å². The van der Waals surface area contributed by atoms with E-state index in [4.69, 9.17) is 25.2 Å². The van der Waals surface area contributed by atoms with E-state index in [-0.39, 0.29) is 18.9 Å². The van der Waals surface area contributed by atoms with E-state index >= 15 is 0 Å². The zero-order valence-corrected chi connectivity index (χ0v) is 17.3. The summed E-state index contributed by atoms with van der Waals surface area (Å²) in [7, 11) is 0. The highest BCUT2D eigenvalue weighted by atomic mass is 16.5. The third-order valence-corrected chi connectivity index (χ3v) is 5.57. The van der Waals surface area contributed by atoms with Crippen LogP contribution in [0.4, 0.5) is 5.82 Å². The molecule has 2 aliphatic rings. The molecule has 2 aliphatic heterocycles. The number of rotatable bonds is 5. The van der Waals surface area contributed by atoms with E-state index in [1.807, 2.05) is 12.1 Å². The smallest absolute Gasteiger partial charge is 0.149 e. The topological polar surface area (TPSA) is 106 Å². The molecule has 2 aromatic rings. The highest BCUT2D eigenvalue weighted by Crippen LogP contribution is 2.27. The number of morpholine rings is 1. The van der Waals surface area contributed by atoms with Crippen LogP contribution in [0.1, 0.15) is 37.4 Å². The lowest BCUT2D eigenvalue weighted by atomic mass is 10.1. The van der Waals surface area contributed by atoms with Gasteiger partial charge in [0.25, 0.3) is 0 Å². The summed E-state index contributed by atoms with van der Waals surface area (Å²) >= 11 is 0. The minimum Gasteiger partial charge on any atom is -0.405 e. The molecule has 2 saturated heterocycles. The van der Waals surface area contributed by atoms with Crippen molar-refractivity contribution in [2.24, 2.45) is 10.7 Å². The van der Waals surface area contributed by atoms with Crippen LogP contribution in [0.15, 0.2) is 35.6 Å². The molecule has 0 bridgehead atoms. The van der Waals surface area contributed by atoms with Crippen molar-refractivity contribution in [1.29, 1.82) is 0 Å². The summed E-state index contributed by atoms with van der Waals surface area (Å²) in [6.07, 6.45) is 7.73. The maximum absolute atomic E-state index is 10.0. The van der Waals surface area contributed by atoms with Crippen LogP contribution in [0, 0.1) is 0 Å². The zero-order chi connectivity index (χ0) is 20.9. The van der Waals surface area contributed by atoms with Crippen molar-refractivity contribution in [2.75, 3.05) is 31.3 Å². The molecule has 4 heterocycles. The van der Waals surface area contributed by atoms with E-state index in [1.165, 1.54) is 6.20 Å². The van der Waals surface area contributed by atoms with Gasteiger partial charge in [-0.2, -0.15) is 0 Å². The number of ether oxygens (including phenoxy) is 2. The third kappa shape index (κ3) is 4.30. The minimum absolute atomic E-state index is 0.0842. The molecule has 2 atom stereocenters. The summed E-state index contributed by atoms with van der Waals surface area (Å²) in [5, 5.41) is 10.9. The molecule has 8 heteroatoms. The summed E-state index contributed by atoms with van der Waals surface area (Å²) in [6.45, 7) is 4.79. The summed E-state index contributed by atoms with van der Waals surface area (Å²) in [4.78, 5) is 16.5. The predicted molar refractivity (Wildman–Crippen MR) is 117 cm³/mol. The van der Waals surface area contributed by atoms with Crippen molar-refractivity contribution in [3.05, 3.63) is 41.9 Å². The standard InChI is InChI=1S/C22H29N5O3/c1-15-14-29-11-9-27(15)19-12-16(13-28)17-6-8-24-22(21(17)26-19)18(5-7-23)25-20-4-2-3-10-30-20/h5-8,12,15,20,28H,2-4,9-11,13-14,23H2,1H3/t15-,20?/m1/s1. The highest BCUT2D eigenvalue weighted by molar-refractivity contribution is 6.14. The third-order valence-electron chi connectivity index (χ3n) is 5.57. The number of fused-ring (bicyclic) bond motifs is 1. The molecule has 1 unspecified atom stereocenters. The Morgan fingerprint density at radius 1 is 1.40 bits per heavy atom. The van der Waals surface area contributed by atoms with Crippen molar-refractivity contribution in [2.45, 2.75) is 45.1 Å². The lowest BCUT2D eigenvalue weighted by Gasteiger charge is -2.34. The second kappa shape index (κ2) is 9.51. The van der Waals surface area contributed by atoms with Gasteiger partial charge in [0, 0.05) is 24.7 Å². The first-order chi connectivity index (χ1) is 14.7. The maximum atomic E-state index is 10.0. The molecule has 2 fully saturated rings. The Morgan fingerprint density at radius 3 is 3.03 bits per heavy atom. The van der Waals surface area contributed by atoms with E-state index < -0.39 is 0 Å². The number of hydrogen-bond acceptors (Lipinski definition) is 8. The first kappa shape index (κ1) is 20.7. The monoisotopic (exact) mass is 411 g/mol. The van der Waals surface area contributed by atoms with Gasteiger partial charge in [-0.05, 0) is 56.2 Å². The largest absolute Gasteiger partial charge is 0.405 e. The Morgan fingerprint density at radius 2 is 2.30 bits per heavy atom. The van der Waals surface area contributed by atoms with Crippen LogP contribution in [0.5, 0.6) is 0 Å². The van der Waals surface area contributed by atoms with Gasteiger partial charge in [0.15, 0.2) is 0 Å². The summed E-state index contributed by atoms with van der Waals surface area (Å²) in [6, 6.07) is 4.03. The van der Waals surface area contributed by atoms with E-state index in [9.17, 15) is 5.11 Å². The van der Waals surface area contributed by atoms with Crippen LogP contribution in [-0.2, 0) is 16.1 Å². The molecule has 2 aromatic heterocycles. The molecule has 0 spiro atoms. The van der Waals surface area contributed by atoms with Crippen LogP contribution >= 0.6 is 0 Å². The fourth-order valence-corrected chi connectivity index (χ4v) is 3.99. The molecular weight excluding hydrogens is 382 g/mol. The molecule has 8 nitrogen and oxygen atoms in total. The van der Waals surface area contributed by atoms with E-state index in [2.05, 4.69) is 16.8 Å². The fraction of sp³-hybridized carbons (Fsp3) is 0.500. The lowest BCUT2D eigenvalue weighted by Crippen LogP contribution is -2.44. The first-order valence-corrected chi connectivity index (χ1v) is 10.5. The van der Waals surface area contributed by atoms with Crippen LogP contribution < -0.4 is 10.6 Å². The second-order valence-electron chi connectivity index (χ2n) is 7.67. The number of aliphatic hydroxyl groups is 1. The number of pyridine rings is 2. The molecule has 30 heavy (non-hydrogen) atoms. The summed E-state index contributed by atoms with van der Waals surface area (Å²) < 4.78 is 11.4. The minimum atomic E-state index is -0.207. The van der Waals surface area contributed by atoms with Gasteiger partial charge in [-0.15, -0.1) is 0 Å². The van der Waals surface area contributed by atoms with Gasteiger partial charge in [0.1, 0.15) is 23.3 Å². The number of anilines is 1. The Hall–Kier alpha value is -2.55. The second-order valence-corrected chi connectivity index (χ2v) is 7.67. The number of nitrogens with two attached hydrogens (primary N) is 1. The van der Waals surface area contributed by atoms with Gasteiger partial charge in [-0.25, -0.2) is 4.98 Å². The number of aliphatic hydroxyl groups excluding tert-OH is 1. The van der Waals surface area contributed by atoms with Crippen molar-refractivity contribution >= 4 is 22.4 Å². The van der Waals surface area contributed by atoms with Crippen molar-refractivity contribution < 1.29 is 14.6 Å². The Balaban J connectivity index is 1.84. The predicted octanol–water partition coefficient (Wildman–Crippen LogP) is 2.14. The van der Waals surface area contributed by atoms with Crippen LogP contribution in [0.25, 0.3) is 10.9 Å². The first-order valence-electron chi connectivity index (χ1n) is 10.5. The van der Waals surface area contributed by atoms with Crippen LogP contribution in [0.2, 0.25) is 0 Å². The zero-order valence-electron chi connectivity index (χ0n) is 17.3. The van der Waals surface area contributed by atoms with Crippen LogP contribution in [-0.4, -0.2) is 59.4 Å². The SMILES string of the molecule is C[C@@H]1COCCN1c1cc(CO)c2ccnc(C(C=CN)=NC3CCCCO3)c2n1. The van der Waals surface area contributed by atoms with Gasteiger partial charge >= 0.3 is 0 Å². The number of aromatic nitrogens is 2. The van der Waals surface area contributed by atoms with E-state index in [1.54, 1.807) is 12.3 Å². The van der Waals surface area contributed by atoms with Crippen molar-refractivity contribution in [3.63, 3.8) is 0 Å². The molecule has 0 saturated carbocycles. The number of hydrogen-bond donors (Lipinski definition) is 2. The Labute approximate surface area is 176 Å². The highest BCUT2D eigenvalue weighted by Gasteiger charge is 2.23. The van der Waals surface area contributed by atoms with E-state index in [0.29, 0.717) is 36.7 Å². The summed E-state index contributed by atoms with van der Waals surface area (Å²) in [5.41, 5.74) is 8.51. The quantitative estimate of drug-likeness (QED) is 0.726. The van der Waals surface area contributed by atoms with Crippen molar-refractivity contribution in [3.8, 4) is 0 Å². The van der Waals surface area contributed by atoms with Crippen molar-refractivity contribution in [1.82, 2.24) is 9.97 Å². The van der Waals surface area contributed by atoms with Gasteiger partial charge in [0.05, 0.1) is 31.6 Å². The molecular formula is C22H29N5O3. The normalized spacial score (nSPS) is 23.4. The fourth-order valence-electron chi connectivity index (χ4n) is 3.99. The summed E-state index contributed by atoms with van der Waals surface area (Å²) in [5.74, 6) is 0.807. The van der Waals surface area contributed by atoms with Gasteiger partial charge in [-0.3, -0.25) is 9.98 Å². The molecule has 0 amide bonds. The van der Waals surface area contributed by atoms with Gasteiger partial charge in [-0.1, -0.05) is 0 Å². The molecule has 0 aliphatic carbocycles. The molecule has 0 radical (unpaired) electrons. The number of aliphatic imine (C=N–C) groups is 1. The average Bonchev–Trinajstić information content (AvgIpc) is 2.78.